The molecule has 6 heteroatoms. The number of rotatable bonds is 5. The summed E-state index contributed by atoms with van der Waals surface area (Å²) in [6.45, 7) is 1.87. The number of ether oxygens (including phenoxy) is 1. The van der Waals surface area contributed by atoms with Crippen LogP contribution in [0.4, 0.5) is 11.4 Å². The number of amides is 1. The number of aromatic nitrogens is 2. The average Bonchev–Trinajstić information content (AvgIpc) is 3.17. The van der Waals surface area contributed by atoms with Crippen molar-refractivity contribution >= 4 is 17.3 Å². The van der Waals surface area contributed by atoms with Crippen LogP contribution in [-0.4, -0.2) is 43.2 Å². The van der Waals surface area contributed by atoms with E-state index in [2.05, 4.69) is 27.0 Å². The maximum atomic E-state index is 12.0. The number of carbonyl (C=O) groups is 1. The van der Waals surface area contributed by atoms with Crippen LogP contribution in [0.3, 0.4) is 0 Å². The van der Waals surface area contributed by atoms with Crippen molar-refractivity contribution in [1.29, 1.82) is 0 Å². The van der Waals surface area contributed by atoms with Gasteiger partial charge in [0, 0.05) is 38.3 Å². The molecule has 1 N–H and O–H groups in total. The molecule has 3 rings (SSSR count). The Balaban J connectivity index is 1.81. The highest BCUT2D eigenvalue weighted by molar-refractivity contribution is 5.94. The van der Waals surface area contributed by atoms with E-state index in [1.807, 2.05) is 12.3 Å². The molecule has 0 saturated heterocycles. The van der Waals surface area contributed by atoms with Gasteiger partial charge in [-0.15, -0.1) is 0 Å². The second kappa shape index (κ2) is 6.19. The van der Waals surface area contributed by atoms with E-state index in [1.54, 1.807) is 18.3 Å². The van der Waals surface area contributed by atoms with Gasteiger partial charge in [0.1, 0.15) is 6.61 Å². The Morgan fingerprint density at radius 2 is 2.36 bits per heavy atom. The number of carbonyl (C=O) groups excluding carboxylic acids is 1. The van der Waals surface area contributed by atoms with E-state index in [0.717, 1.165) is 30.9 Å². The number of imidazole rings is 1. The van der Waals surface area contributed by atoms with Crippen LogP contribution in [0, 0.1) is 0 Å². The quantitative estimate of drug-likeness (QED) is 0.911. The van der Waals surface area contributed by atoms with Crippen molar-refractivity contribution in [2.45, 2.75) is 13.0 Å². The highest BCUT2D eigenvalue weighted by Crippen LogP contribution is 2.32. The van der Waals surface area contributed by atoms with Gasteiger partial charge >= 0.3 is 0 Å². The van der Waals surface area contributed by atoms with Gasteiger partial charge in [-0.2, -0.15) is 0 Å². The minimum Gasteiger partial charge on any atom is -0.375 e. The zero-order valence-electron chi connectivity index (χ0n) is 12.9. The first-order valence-corrected chi connectivity index (χ1v) is 7.29. The molecule has 0 fully saturated rings. The van der Waals surface area contributed by atoms with Crippen LogP contribution in [0.5, 0.6) is 0 Å². The number of H-pyrrole nitrogens is 1. The summed E-state index contributed by atoms with van der Waals surface area (Å²) < 4.78 is 4.92. The molecule has 0 spiro atoms. The van der Waals surface area contributed by atoms with Crippen molar-refractivity contribution in [3.63, 3.8) is 0 Å². The van der Waals surface area contributed by atoms with Crippen LogP contribution in [0.1, 0.15) is 11.3 Å². The molecule has 0 bridgehead atoms. The van der Waals surface area contributed by atoms with Crippen LogP contribution < -0.4 is 9.80 Å². The average molecular weight is 300 g/mol. The van der Waals surface area contributed by atoms with Gasteiger partial charge in [-0.3, -0.25) is 4.79 Å². The van der Waals surface area contributed by atoms with Gasteiger partial charge in [0.15, 0.2) is 0 Å². The van der Waals surface area contributed by atoms with E-state index >= 15 is 0 Å². The number of likely N-dealkylation sites (N-methyl/N-ethyl adjacent to an activating group) is 1. The monoisotopic (exact) mass is 300 g/mol. The van der Waals surface area contributed by atoms with Gasteiger partial charge in [0.05, 0.1) is 18.6 Å². The number of nitrogens with one attached hydrogen (secondary N) is 1. The van der Waals surface area contributed by atoms with E-state index < -0.39 is 0 Å². The minimum atomic E-state index is -0.0550. The van der Waals surface area contributed by atoms with Crippen LogP contribution >= 0.6 is 0 Å². The number of methoxy groups -OCH3 is 1. The van der Waals surface area contributed by atoms with Crippen molar-refractivity contribution in [1.82, 2.24) is 9.97 Å². The Hall–Kier alpha value is -2.34. The van der Waals surface area contributed by atoms with Crippen molar-refractivity contribution < 1.29 is 9.53 Å². The van der Waals surface area contributed by atoms with Crippen LogP contribution in [0.25, 0.3) is 0 Å². The molecule has 0 radical (unpaired) electrons. The Morgan fingerprint density at radius 3 is 3.09 bits per heavy atom. The maximum Gasteiger partial charge on any atom is 0.252 e. The number of fused-ring (bicyclic) bond motifs is 1. The lowest BCUT2D eigenvalue weighted by molar-refractivity contribution is -0.121. The molecule has 0 atom stereocenters. The minimum absolute atomic E-state index is 0.0550. The SMILES string of the molecule is COCC(=O)N(C)c1ccc2c(c1)N(Cc1cnc[nH]1)CC2. The molecular formula is C16H20N4O2. The highest BCUT2D eigenvalue weighted by Gasteiger charge is 2.21. The van der Waals surface area contributed by atoms with Gasteiger partial charge in [-0.05, 0) is 24.1 Å². The third-order valence-corrected chi connectivity index (χ3v) is 4.01. The fraction of sp³-hybridized carbons (Fsp3) is 0.375. The maximum absolute atomic E-state index is 12.0. The van der Waals surface area contributed by atoms with Gasteiger partial charge in [0.25, 0.3) is 5.91 Å². The number of anilines is 2. The van der Waals surface area contributed by atoms with Crippen LogP contribution in [-0.2, 0) is 22.5 Å². The summed E-state index contributed by atoms with van der Waals surface area (Å²) in [6, 6.07) is 6.17. The van der Waals surface area contributed by atoms with Crippen molar-refractivity contribution in [2.75, 3.05) is 37.1 Å². The molecule has 2 aromatic rings. The summed E-state index contributed by atoms with van der Waals surface area (Å²) in [5.41, 5.74) is 4.47. The molecule has 2 heterocycles. The zero-order chi connectivity index (χ0) is 15.5. The number of nitrogens with zero attached hydrogens (tertiary/aromatic N) is 3. The van der Waals surface area contributed by atoms with Gasteiger partial charge in [0.2, 0.25) is 0 Å². The predicted molar refractivity (Wildman–Crippen MR) is 85.1 cm³/mol. The molecule has 1 aromatic heterocycles. The van der Waals surface area contributed by atoms with Gasteiger partial charge in [-0.1, -0.05) is 6.07 Å². The lowest BCUT2D eigenvalue weighted by Gasteiger charge is -2.22. The second-order valence-corrected chi connectivity index (χ2v) is 5.45. The molecule has 1 aliphatic rings. The molecule has 1 amide bonds. The highest BCUT2D eigenvalue weighted by atomic mass is 16.5. The van der Waals surface area contributed by atoms with E-state index in [9.17, 15) is 4.79 Å². The molecule has 116 valence electrons. The first-order valence-electron chi connectivity index (χ1n) is 7.29. The van der Waals surface area contributed by atoms with Crippen LogP contribution in [0.15, 0.2) is 30.7 Å². The van der Waals surface area contributed by atoms with Crippen molar-refractivity contribution in [3.8, 4) is 0 Å². The first kappa shape index (κ1) is 14.6. The van der Waals surface area contributed by atoms with Crippen molar-refractivity contribution in [3.05, 3.63) is 42.0 Å². The van der Waals surface area contributed by atoms with E-state index in [1.165, 1.54) is 18.4 Å². The number of hydrogen-bond acceptors (Lipinski definition) is 4. The normalized spacial score (nSPS) is 13.3. The summed E-state index contributed by atoms with van der Waals surface area (Å²) >= 11 is 0. The summed E-state index contributed by atoms with van der Waals surface area (Å²) in [6.07, 6.45) is 4.56. The fourth-order valence-electron chi connectivity index (χ4n) is 2.75. The third-order valence-electron chi connectivity index (χ3n) is 4.01. The lowest BCUT2D eigenvalue weighted by Crippen LogP contribution is -2.29. The topological polar surface area (TPSA) is 61.5 Å². The lowest BCUT2D eigenvalue weighted by atomic mass is 10.1. The number of aromatic amines is 1. The molecule has 1 aromatic carbocycles. The standard InChI is InChI=1S/C16H20N4O2/c1-19(16(21)10-22-2)14-4-3-12-5-6-20(15(12)7-14)9-13-8-17-11-18-13/h3-4,7-8,11H,5-6,9-10H2,1-2H3,(H,17,18). The van der Waals surface area contributed by atoms with Gasteiger partial charge < -0.3 is 19.5 Å². The number of hydrogen-bond donors (Lipinski definition) is 1. The van der Waals surface area contributed by atoms with Crippen molar-refractivity contribution in [2.24, 2.45) is 0 Å². The molecule has 0 saturated carbocycles. The third kappa shape index (κ3) is 2.82. The zero-order valence-corrected chi connectivity index (χ0v) is 12.9. The Morgan fingerprint density at radius 1 is 1.50 bits per heavy atom. The predicted octanol–water partition coefficient (Wildman–Crippen LogP) is 1.58. The summed E-state index contributed by atoms with van der Waals surface area (Å²) in [5, 5.41) is 0. The molecule has 0 unspecified atom stereocenters. The molecule has 6 nitrogen and oxygen atoms in total. The smallest absolute Gasteiger partial charge is 0.252 e. The van der Waals surface area contributed by atoms with E-state index in [-0.39, 0.29) is 12.5 Å². The summed E-state index contributed by atoms with van der Waals surface area (Å²) in [5.74, 6) is -0.0550. The summed E-state index contributed by atoms with van der Waals surface area (Å²) in [7, 11) is 3.30. The van der Waals surface area contributed by atoms with E-state index in [4.69, 9.17) is 4.74 Å². The van der Waals surface area contributed by atoms with Crippen LogP contribution in [0.2, 0.25) is 0 Å². The van der Waals surface area contributed by atoms with E-state index in [0.29, 0.717) is 0 Å². The molecule has 0 aliphatic carbocycles. The Kier molecular flexibility index (Phi) is 4.11. The number of benzene rings is 1. The Bertz CT molecular complexity index is 654. The first-order chi connectivity index (χ1) is 10.7. The van der Waals surface area contributed by atoms with Gasteiger partial charge in [-0.25, -0.2) is 4.98 Å². The Labute approximate surface area is 129 Å². The second-order valence-electron chi connectivity index (χ2n) is 5.45. The fourth-order valence-corrected chi connectivity index (χ4v) is 2.75. The molecule has 22 heavy (non-hydrogen) atoms. The summed E-state index contributed by atoms with van der Waals surface area (Å²) in [4.78, 5) is 23.1. The largest absolute Gasteiger partial charge is 0.375 e. The molecule has 1 aliphatic heterocycles. The molecular weight excluding hydrogens is 280 g/mol.